The van der Waals surface area contributed by atoms with Crippen molar-refractivity contribution in [3.05, 3.63) is 29.8 Å². The molecular formula is C18H26N4OS. The summed E-state index contributed by atoms with van der Waals surface area (Å²) in [5.74, 6) is 1.66. The minimum Gasteiger partial charge on any atom is -0.353 e. The van der Waals surface area contributed by atoms with Gasteiger partial charge < -0.3 is 9.88 Å². The number of carbonyl (C=O) groups excluding carboxylic acids is 1. The van der Waals surface area contributed by atoms with Gasteiger partial charge in [0.25, 0.3) is 0 Å². The average Bonchev–Trinajstić information content (AvgIpc) is 2.95. The lowest BCUT2D eigenvalue weighted by atomic mass is 10.1. The molecule has 1 N–H and O–H groups in total. The topological polar surface area (TPSA) is 59.8 Å². The van der Waals surface area contributed by atoms with Crippen LogP contribution in [-0.4, -0.2) is 32.5 Å². The Kier molecular flexibility index (Phi) is 6.43. The Labute approximate surface area is 148 Å². The summed E-state index contributed by atoms with van der Waals surface area (Å²) in [4.78, 5) is 12.1. The summed E-state index contributed by atoms with van der Waals surface area (Å²) in [6, 6.07) is 8.31. The molecule has 0 aliphatic carbocycles. The number of rotatable bonds is 7. The molecule has 1 aromatic carbocycles. The number of aryl methyl sites for hydroxylation is 1. The SMILES string of the molecule is CCn1c(SCC(=O)NC(C)C(C)C)nnc1-c1ccccc1C. The fourth-order valence-electron chi connectivity index (χ4n) is 2.30. The number of benzene rings is 1. The molecule has 5 nitrogen and oxygen atoms in total. The maximum absolute atomic E-state index is 12.1. The Morgan fingerprint density at radius 3 is 2.58 bits per heavy atom. The van der Waals surface area contributed by atoms with Crippen LogP contribution < -0.4 is 5.32 Å². The van der Waals surface area contributed by atoms with Gasteiger partial charge in [-0.05, 0) is 32.3 Å². The second-order valence-electron chi connectivity index (χ2n) is 6.25. The molecule has 2 aromatic rings. The van der Waals surface area contributed by atoms with E-state index in [1.165, 1.54) is 17.3 Å². The summed E-state index contributed by atoms with van der Waals surface area (Å²) in [6.07, 6.45) is 0. The number of aromatic nitrogens is 3. The molecule has 6 heteroatoms. The van der Waals surface area contributed by atoms with Crippen LogP contribution >= 0.6 is 11.8 Å². The van der Waals surface area contributed by atoms with Crippen LogP contribution in [-0.2, 0) is 11.3 Å². The number of carbonyl (C=O) groups is 1. The third-order valence-electron chi connectivity index (χ3n) is 4.14. The Morgan fingerprint density at radius 2 is 1.96 bits per heavy atom. The molecule has 0 fully saturated rings. The van der Waals surface area contributed by atoms with Crippen molar-refractivity contribution >= 4 is 17.7 Å². The van der Waals surface area contributed by atoms with E-state index in [1.807, 2.05) is 19.1 Å². The molecule has 1 unspecified atom stereocenters. The Hall–Kier alpha value is -1.82. The molecule has 0 spiro atoms. The molecule has 0 saturated carbocycles. The first-order chi connectivity index (χ1) is 11.4. The van der Waals surface area contributed by atoms with E-state index in [0.29, 0.717) is 11.7 Å². The van der Waals surface area contributed by atoms with Gasteiger partial charge in [0.15, 0.2) is 11.0 Å². The van der Waals surface area contributed by atoms with Gasteiger partial charge >= 0.3 is 0 Å². The van der Waals surface area contributed by atoms with Crippen molar-refractivity contribution in [1.82, 2.24) is 20.1 Å². The van der Waals surface area contributed by atoms with Gasteiger partial charge in [-0.1, -0.05) is 49.9 Å². The van der Waals surface area contributed by atoms with Crippen LogP contribution in [0.1, 0.15) is 33.3 Å². The third-order valence-corrected chi connectivity index (χ3v) is 5.11. The molecule has 0 aliphatic heterocycles. The van der Waals surface area contributed by atoms with Gasteiger partial charge in [-0.2, -0.15) is 0 Å². The van der Waals surface area contributed by atoms with Crippen LogP contribution in [0, 0.1) is 12.8 Å². The minimum absolute atomic E-state index is 0.0318. The summed E-state index contributed by atoms with van der Waals surface area (Å²) < 4.78 is 2.06. The van der Waals surface area contributed by atoms with E-state index >= 15 is 0 Å². The summed E-state index contributed by atoms with van der Waals surface area (Å²) >= 11 is 1.43. The van der Waals surface area contributed by atoms with Gasteiger partial charge in [0, 0.05) is 18.2 Å². The van der Waals surface area contributed by atoms with Crippen molar-refractivity contribution in [1.29, 1.82) is 0 Å². The highest BCUT2D eigenvalue weighted by atomic mass is 32.2. The first kappa shape index (κ1) is 18.5. The molecular weight excluding hydrogens is 320 g/mol. The van der Waals surface area contributed by atoms with Gasteiger partial charge in [-0.25, -0.2) is 0 Å². The number of amides is 1. The summed E-state index contributed by atoms with van der Waals surface area (Å²) in [7, 11) is 0. The number of thioether (sulfide) groups is 1. The van der Waals surface area contributed by atoms with Crippen molar-refractivity contribution < 1.29 is 4.79 Å². The smallest absolute Gasteiger partial charge is 0.230 e. The normalized spacial score (nSPS) is 12.4. The lowest BCUT2D eigenvalue weighted by Gasteiger charge is -2.17. The predicted molar refractivity (Wildman–Crippen MR) is 99.0 cm³/mol. The molecule has 1 atom stereocenters. The molecule has 1 heterocycles. The molecule has 130 valence electrons. The molecule has 0 radical (unpaired) electrons. The molecule has 0 bridgehead atoms. The van der Waals surface area contributed by atoms with Crippen molar-refractivity contribution in [2.45, 2.75) is 52.4 Å². The van der Waals surface area contributed by atoms with E-state index in [2.05, 4.69) is 59.9 Å². The zero-order valence-electron chi connectivity index (χ0n) is 15.0. The summed E-state index contributed by atoms with van der Waals surface area (Å²) in [6.45, 7) is 11.1. The van der Waals surface area contributed by atoms with Crippen LogP contribution in [0.3, 0.4) is 0 Å². The zero-order chi connectivity index (χ0) is 17.7. The highest BCUT2D eigenvalue weighted by molar-refractivity contribution is 7.99. The average molecular weight is 347 g/mol. The highest BCUT2D eigenvalue weighted by Gasteiger charge is 2.16. The first-order valence-electron chi connectivity index (χ1n) is 8.35. The van der Waals surface area contributed by atoms with Crippen molar-refractivity contribution in [2.75, 3.05) is 5.75 Å². The monoisotopic (exact) mass is 346 g/mol. The van der Waals surface area contributed by atoms with Gasteiger partial charge in [0.05, 0.1) is 5.75 Å². The molecule has 0 aliphatic rings. The number of nitrogens with zero attached hydrogens (tertiary/aromatic N) is 3. The maximum atomic E-state index is 12.1. The Balaban J connectivity index is 2.10. The number of hydrogen-bond donors (Lipinski definition) is 1. The predicted octanol–water partition coefficient (Wildman–Crippen LogP) is 3.53. The van der Waals surface area contributed by atoms with Gasteiger partial charge in [0.2, 0.25) is 5.91 Å². The van der Waals surface area contributed by atoms with E-state index in [4.69, 9.17) is 0 Å². The Bertz CT molecular complexity index is 696. The first-order valence-corrected chi connectivity index (χ1v) is 9.34. The van der Waals surface area contributed by atoms with Gasteiger partial charge in [-0.15, -0.1) is 10.2 Å². The minimum atomic E-state index is 0.0318. The summed E-state index contributed by atoms with van der Waals surface area (Å²) in [5.41, 5.74) is 2.25. The van der Waals surface area contributed by atoms with Gasteiger partial charge in [0.1, 0.15) is 0 Å². The van der Waals surface area contributed by atoms with E-state index in [0.717, 1.165) is 23.1 Å². The largest absolute Gasteiger partial charge is 0.353 e. The van der Waals surface area contributed by atoms with E-state index < -0.39 is 0 Å². The lowest BCUT2D eigenvalue weighted by molar-refractivity contribution is -0.119. The van der Waals surface area contributed by atoms with Crippen LogP contribution in [0.15, 0.2) is 29.4 Å². The quantitative estimate of drug-likeness (QED) is 0.779. The number of nitrogens with one attached hydrogen (secondary N) is 1. The second kappa shape index (κ2) is 8.33. The zero-order valence-corrected chi connectivity index (χ0v) is 15.9. The standard InChI is InChI=1S/C18H26N4OS/c1-6-22-17(15-10-8-7-9-13(15)4)20-21-18(22)24-11-16(23)19-14(5)12(2)3/h7-10,12,14H,6,11H2,1-5H3,(H,19,23). The van der Waals surface area contributed by atoms with E-state index in [-0.39, 0.29) is 11.9 Å². The summed E-state index contributed by atoms with van der Waals surface area (Å²) in [5, 5.41) is 12.4. The Morgan fingerprint density at radius 1 is 1.25 bits per heavy atom. The van der Waals surface area contributed by atoms with Crippen LogP contribution in [0.4, 0.5) is 0 Å². The van der Waals surface area contributed by atoms with Crippen LogP contribution in [0.2, 0.25) is 0 Å². The molecule has 1 amide bonds. The highest BCUT2D eigenvalue weighted by Crippen LogP contribution is 2.26. The van der Waals surface area contributed by atoms with Crippen molar-refractivity contribution in [3.63, 3.8) is 0 Å². The van der Waals surface area contributed by atoms with Crippen LogP contribution in [0.5, 0.6) is 0 Å². The van der Waals surface area contributed by atoms with Crippen LogP contribution in [0.25, 0.3) is 11.4 Å². The van der Waals surface area contributed by atoms with Gasteiger partial charge in [-0.3, -0.25) is 4.79 Å². The molecule has 0 saturated heterocycles. The maximum Gasteiger partial charge on any atom is 0.230 e. The lowest BCUT2D eigenvalue weighted by Crippen LogP contribution is -2.37. The second-order valence-corrected chi connectivity index (χ2v) is 7.20. The molecule has 1 aromatic heterocycles. The van der Waals surface area contributed by atoms with Crippen molar-refractivity contribution in [2.24, 2.45) is 5.92 Å². The fourth-order valence-corrected chi connectivity index (χ4v) is 3.11. The molecule has 2 rings (SSSR count). The third kappa shape index (κ3) is 4.38. The van der Waals surface area contributed by atoms with E-state index in [1.54, 1.807) is 0 Å². The van der Waals surface area contributed by atoms with E-state index in [9.17, 15) is 4.79 Å². The number of hydrogen-bond acceptors (Lipinski definition) is 4. The van der Waals surface area contributed by atoms with Crippen molar-refractivity contribution in [3.8, 4) is 11.4 Å². The fraction of sp³-hybridized carbons (Fsp3) is 0.500. The molecule has 24 heavy (non-hydrogen) atoms.